The number of rotatable bonds is 6. The Bertz CT molecular complexity index is 868. The van der Waals surface area contributed by atoms with Crippen LogP contribution in [0.1, 0.15) is 21.8 Å². The van der Waals surface area contributed by atoms with Gasteiger partial charge in [-0.1, -0.05) is 0 Å². The molecule has 0 fully saturated rings. The summed E-state index contributed by atoms with van der Waals surface area (Å²) < 4.78 is 26.6. The van der Waals surface area contributed by atoms with Gasteiger partial charge in [0.2, 0.25) is 0 Å². The number of carbonyl (C=O) groups is 1. The first-order chi connectivity index (χ1) is 12.1. The zero-order valence-electron chi connectivity index (χ0n) is 13.2. The Balaban J connectivity index is 1.50. The standard InChI is InChI=1S/C18H15F2N3OS/c19-13-3-4-15(20)14(10-13)18(24)22-7-1-2-17-23-16(11-25-17)12-5-8-21-9-6-12/h3-6,8-11H,1-2,7H2,(H,22,24). The van der Waals surface area contributed by atoms with Crippen molar-refractivity contribution in [2.45, 2.75) is 12.8 Å². The summed E-state index contributed by atoms with van der Waals surface area (Å²) in [5.41, 5.74) is 1.62. The number of aromatic nitrogens is 2. The normalized spacial score (nSPS) is 10.6. The van der Waals surface area contributed by atoms with Crippen molar-refractivity contribution in [2.24, 2.45) is 0 Å². The van der Waals surface area contributed by atoms with Gasteiger partial charge in [-0.2, -0.15) is 0 Å². The van der Waals surface area contributed by atoms with E-state index in [-0.39, 0.29) is 5.56 Å². The van der Waals surface area contributed by atoms with Gasteiger partial charge in [-0.25, -0.2) is 13.8 Å². The number of hydrogen-bond donors (Lipinski definition) is 1. The molecule has 2 aromatic heterocycles. The third kappa shape index (κ3) is 4.45. The predicted octanol–water partition coefficient (Wildman–Crippen LogP) is 3.85. The molecular weight excluding hydrogens is 344 g/mol. The maximum atomic E-state index is 13.5. The molecule has 1 amide bonds. The van der Waals surface area contributed by atoms with Gasteiger partial charge >= 0.3 is 0 Å². The molecule has 0 saturated heterocycles. The van der Waals surface area contributed by atoms with Crippen molar-refractivity contribution in [2.75, 3.05) is 6.54 Å². The smallest absolute Gasteiger partial charge is 0.254 e. The number of hydrogen-bond acceptors (Lipinski definition) is 4. The van der Waals surface area contributed by atoms with Gasteiger partial charge in [0.05, 0.1) is 16.3 Å². The number of carbonyl (C=O) groups excluding carboxylic acids is 1. The van der Waals surface area contributed by atoms with Crippen LogP contribution in [0.3, 0.4) is 0 Å². The lowest BCUT2D eigenvalue weighted by atomic mass is 10.2. The van der Waals surface area contributed by atoms with Crippen LogP contribution in [0.25, 0.3) is 11.3 Å². The minimum absolute atomic E-state index is 0.283. The Morgan fingerprint density at radius 3 is 2.76 bits per heavy atom. The summed E-state index contributed by atoms with van der Waals surface area (Å²) in [6, 6.07) is 6.61. The van der Waals surface area contributed by atoms with Crippen LogP contribution in [0.4, 0.5) is 8.78 Å². The number of nitrogens with one attached hydrogen (secondary N) is 1. The van der Waals surface area contributed by atoms with Crippen molar-refractivity contribution in [3.8, 4) is 11.3 Å². The van der Waals surface area contributed by atoms with E-state index >= 15 is 0 Å². The quantitative estimate of drug-likeness (QED) is 0.680. The lowest BCUT2D eigenvalue weighted by Gasteiger charge is -2.05. The number of aryl methyl sites for hydroxylation is 1. The molecule has 1 aromatic carbocycles. The first kappa shape index (κ1) is 17.2. The minimum Gasteiger partial charge on any atom is -0.352 e. The maximum Gasteiger partial charge on any atom is 0.254 e. The van der Waals surface area contributed by atoms with Crippen molar-refractivity contribution in [1.29, 1.82) is 0 Å². The van der Waals surface area contributed by atoms with Gasteiger partial charge in [0, 0.05) is 36.3 Å². The van der Waals surface area contributed by atoms with Crippen LogP contribution in [0, 0.1) is 11.6 Å². The van der Waals surface area contributed by atoms with E-state index in [0.717, 1.165) is 34.5 Å². The molecule has 4 nitrogen and oxygen atoms in total. The van der Waals surface area contributed by atoms with Crippen molar-refractivity contribution in [3.63, 3.8) is 0 Å². The van der Waals surface area contributed by atoms with Gasteiger partial charge in [0.1, 0.15) is 11.6 Å². The highest BCUT2D eigenvalue weighted by molar-refractivity contribution is 7.09. The van der Waals surface area contributed by atoms with Gasteiger partial charge < -0.3 is 5.32 Å². The van der Waals surface area contributed by atoms with Crippen LogP contribution in [-0.2, 0) is 6.42 Å². The van der Waals surface area contributed by atoms with Gasteiger partial charge in [-0.3, -0.25) is 9.78 Å². The van der Waals surface area contributed by atoms with E-state index in [1.807, 2.05) is 17.5 Å². The first-order valence-corrected chi connectivity index (χ1v) is 8.59. The van der Waals surface area contributed by atoms with Crippen molar-refractivity contribution in [1.82, 2.24) is 15.3 Å². The predicted molar refractivity (Wildman–Crippen MR) is 92.4 cm³/mol. The maximum absolute atomic E-state index is 13.5. The highest BCUT2D eigenvalue weighted by atomic mass is 32.1. The summed E-state index contributed by atoms with van der Waals surface area (Å²) in [7, 11) is 0. The molecule has 1 N–H and O–H groups in total. The number of amides is 1. The lowest BCUT2D eigenvalue weighted by molar-refractivity contribution is 0.0948. The molecule has 3 rings (SSSR count). The molecule has 0 bridgehead atoms. The topological polar surface area (TPSA) is 54.9 Å². The number of pyridine rings is 1. The summed E-state index contributed by atoms with van der Waals surface area (Å²) in [6.45, 7) is 0.360. The SMILES string of the molecule is O=C(NCCCc1nc(-c2ccncc2)cs1)c1cc(F)ccc1F. The number of nitrogens with zero attached hydrogens (tertiary/aromatic N) is 2. The third-order valence-electron chi connectivity index (χ3n) is 3.55. The van der Waals surface area contributed by atoms with Crippen molar-refractivity contribution >= 4 is 17.2 Å². The molecule has 0 radical (unpaired) electrons. The van der Waals surface area contributed by atoms with Crippen molar-refractivity contribution in [3.05, 3.63) is 70.3 Å². The highest BCUT2D eigenvalue weighted by Gasteiger charge is 2.12. The van der Waals surface area contributed by atoms with E-state index in [1.165, 1.54) is 0 Å². The molecule has 0 aliphatic rings. The molecular formula is C18H15F2N3OS. The Morgan fingerprint density at radius 2 is 1.96 bits per heavy atom. The molecule has 0 saturated carbocycles. The number of thiazole rings is 1. The van der Waals surface area contributed by atoms with Crippen LogP contribution in [0.15, 0.2) is 48.1 Å². The van der Waals surface area contributed by atoms with E-state index in [2.05, 4.69) is 15.3 Å². The van der Waals surface area contributed by atoms with Gasteiger partial charge in [-0.05, 0) is 36.8 Å². The van der Waals surface area contributed by atoms with E-state index in [4.69, 9.17) is 0 Å². The second-order valence-electron chi connectivity index (χ2n) is 5.35. The molecule has 0 aliphatic heterocycles. The fourth-order valence-corrected chi connectivity index (χ4v) is 3.14. The van der Waals surface area contributed by atoms with Crippen LogP contribution in [0.5, 0.6) is 0 Å². The number of halogens is 2. The Hall–Kier alpha value is -2.67. The van der Waals surface area contributed by atoms with Crippen LogP contribution < -0.4 is 5.32 Å². The number of benzene rings is 1. The molecule has 0 unspecified atom stereocenters. The molecule has 25 heavy (non-hydrogen) atoms. The molecule has 7 heteroatoms. The summed E-state index contributed by atoms with van der Waals surface area (Å²) in [5.74, 6) is -1.99. The molecule has 0 spiro atoms. The van der Waals surface area contributed by atoms with Crippen molar-refractivity contribution < 1.29 is 13.6 Å². The molecule has 0 aliphatic carbocycles. The molecule has 3 aromatic rings. The zero-order chi connectivity index (χ0) is 17.6. The second-order valence-corrected chi connectivity index (χ2v) is 6.29. The largest absolute Gasteiger partial charge is 0.352 e. The first-order valence-electron chi connectivity index (χ1n) is 7.71. The fourth-order valence-electron chi connectivity index (χ4n) is 2.29. The second kappa shape index (κ2) is 7.94. The average molecular weight is 359 g/mol. The summed E-state index contributed by atoms with van der Waals surface area (Å²) in [5, 5.41) is 5.53. The van der Waals surface area contributed by atoms with E-state index in [1.54, 1.807) is 23.7 Å². The molecule has 2 heterocycles. The minimum atomic E-state index is -0.735. The zero-order valence-corrected chi connectivity index (χ0v) is 14.0. The van der Waals surface area contributed by atoms with E-state index in [9.17, 15) is 13.6 Å². The average Bonchev–Trinajstić information content (AvgIpc) is 3.10. The Kier molecular flexibility index (Phi) is 5.45. The van der Waals surface area contributed by atoms with Gasteiger partial charge in [-0.15, -0.1) is 11.3 Å². The molecule has 0 atom stereocenters. The lowest BCUT2D eigenvalue weighted by Crippen LogP contribution is -2.25. The molecule has 128 valence electrons. The Labute approximate surface area is 147 Å². The van der Waals surface area contributed by atoms with Crippen LogP contribution >= 0.6 is 11.3 Å². The Morgan fingerprint density at radius 1 is 1.16 bits per heavy atom. The van der Waals surface area contributed by atoms with E-state index < -0.39 is 17.5 Å². The highest BCUT2D eigenvalue weighted by Crippen LogP contribution is 2.21. The van der Waals surface area contributed by atoms with Gasteiger partial charge in [0.25, 0.3) is 5.91 Å². The third-order valence-corrected chi connectivity index (χ3v) is 4.46. The van der Waals surface area contributed by atoms with Crippen LogP contribution in [-0.4, -0.2) is 22.4 Å². The fraction of sp³-hybridized carbons (Fsp3) is 0.167. The summed E-state index contributed by atoms with van der Waals surface area (Å²) in [6.07, 6.45) is 4.79. The van der Waals surface area contributed by atoms with E-state index in [0.29, 0.717) is 19.4 Å². The summed E-state index contributed by atoms with van der Waals surface area (Å²) in [4.78, 5) is 20.4. The summed E-state index contributed by atoms with van der Waals surface area (Å²) >= 11 is 1.55. The monoisotopic (exact) mass is 359 g/mol. The van der Waals surface area contributed by atoms with Crippen LogP contribution in [0.2, 0.25) is 0 Å². The van der Waals surface area contributed by atoms with Gasteiger partial charge in [0.15, 0.2) is 0 Å².